The van der Waals surface area contributed by atoms with Gasteiger partial charge in [-0.15, -0.1) is 11.3 Å². The van der Waals surface area contributed by atoms with Crippen LogP contribution in [0.15, 0.2) is 48.7 Å². The van der Waals surface area contributed by atoms with Gasteiger partial charge in [-0.3, -0.25) is 4.79 Å². The molecule has 0 radical (unpaired) electrons. The molecule has 5 nitrogen and oxygen atoms in total. The summed E-state index contributed by atoms with van der Waals surface area (Å²) >= 11 is 1.51. The molecule has 0 unspecified atom stereocenters. The number of thiazole rings is 1. The molecular weight excluding hydrogens is 449 g/mol. The maximum Gasteiger partial charge on any atom is 0.417 e. The van der Waals surface area contributed by atoms with Gasteiger partial charge in [0.2, 0.25) is 0 Å². The zero-order valence-corrected chi connectivity index (χ0v) is 18.8. The number of nitrogens with zero attached hydrogens (tertiary/aromatic N) is 3. The zero-order chi connectivity index (χ0) is 23.2. The highest BCUT2D eigenvalue weighted by Gasteiger charge is 2.53. The molecule has 1 atom stereocenters. The molecule has 1 N–H and O–H groups in total. The number of likely N-dealkylation sites (tertiary alicyclic amines) is 1. The summed E-state index contributed by atoms with van der Waals surface area (Å²) in [6.45, 7) is 3.01. The van der Waals surface area contributed by atoms with Crippen LogP contribution in [0.4, 0.5) is 19.0 Å². The fourth-order valence-corrected chi connectivity index (χ4v) is 5.42. The molecule has 1 amide bonds. The Bertz CT molecular complexity index is 1160. The van der Waals surface area contributed by atoms with Crippen molar-refractivity contribution in [3.05, 3.63) is 64.9 Å². The molecule has 2 aromatic heterocycles. The summed E-state index contributed by atoms with van der Waals surface area (Å²) < 4.78 is 38.4. The molecule has 0 bridgehead atoms. The number of hydrogen-bond acceptors (Lipinski definition) is 5. The van der Waals surface area contributed by atoms with Crippen molar-refractivity contribution in [3.8, 4) is 10.4 Å². The highest BCUT2D eigenvalue weighted by Crippen LogP contribution is 2.55. The molecule has 1 aliphatic carbocycles. The van der Waals surface area contributed by atoms with Crippen LogP contribution in [0.1, 0.15) is 40.3 Å². The van der Waals surface area contributed by atoms with E-state index in [1.165, 1.54) is 17.4 Å². The lowest BCUT2D eigenvalue weighted by atomic mass is 10.0. The number of amides is 1. The Kier molecular flexibility index (Phi) is 5.39. The molecule has 2 aliphatic rings. The predicted octanol–water partition coefficient (Wildman–Crippen LogP) is 5.64. The molecule has 1 spiro atoms. The van der Waals surface area contributed by atoms with Crippen LogP contribution >= 0.6 is 11.3 Å². The topological polar surface area (TPSA) is 58.1 Å². The summed E-state index contributed by atoms with van der Waals surface area (Å²) in [5.41, 5.74) is 0.817. The number of aromatic nitrogens is 2. The molecule has 1 aliphatic heterocycles. The molecular formula is C24H23F3N4OS. The molecule has 5 rings (SSSR count). The second kappa shape index (κ2) is 8.13. The summed E-state index contributed by atoms with van der Waals surface area (Å²) in [6, 6.07) is 12.0. The summed E-state index contributed by atoms with van der Waals surface area (Å²) in [6.07, 6.45) is -0.537. The minimum Gasteiger partial charge on any atom is -0.368 e. The molecule has 1 aromatic carbocycles. The fourth-order valence-electron chi connectivity index (χ4n) is 4.51. The fraction of sp³-hybridized carbons (Fsp3) is 0.375. The quantitative estimate of drug-likeness (QED) is 0.522. The average Bonchev–Trinajstić information content (AvgIpc) is 3.28. The monoisotopic (exact) mass is 472 g/mol. The van der Waals surface area contributed by atoms with Crippen LogP contribution in [-0.2, 0) is 6.18 Å². The Morgan fingerprint density at radius 3 is 2.61 bits per heavy atom. The lowest BCUT2D eigenvalue weighted by molar-refractivity contribution is -0.137. The van der Waals surface area contributed by atoms with Crippen molar-refractivity contribution in [3.63, 3.8) is 0 Å². The molecule has 1 saturated heterocycles. The van der Waals surface area contributed by atoms with Gasteiger partial charge in [0.1, 0.15) is 11.5 Å². The highest BCUT2D eigenvalue weighted by molar-refractivity contribution is 7.15. The first-order valence-electron chi connectivity index (χ1n) is 10.9. The molecule has 172 valence electrons. The van der Waals surface area contributed by atoms with Gasteiger partial charge in [0.15, 0.2) is 0 Å². The number of alkyl halides is 3. The van der Waals surface area contributed by atoms with Crippen molar-refractivity contribution < 1.29 is 18.0 Å². The smallest absolute Gasteiger partial charge is 0.368 e. The van der Waals surface area contributed by atoms with Gasteiger partial charge in [-0.05, 0) is 49.3 Å². The van der Waals surface area contributed by atoms with E-state index < -0.39 is 11.7 Å². The number of rotatable bonds is 5. The third-order valence-electron chi connectivity index (χ3n) is 6.42. The van der Waals surface area contributed by atoms with Gasteiger partial charge in [-0.1, -0.05) is 30.3 Å². The van der Waals surface area contributed by atoms with E-state index in [4.69, 9.17) is 0 Å². The van der Waals surface area contributed by atoms with Crippen molar-refractivity contribution in [1.29, 1.82) is 0 Å². The first-order chi connectivity index (χ1) is 15.7. The maximum absolute atomic E-state index is 13.6. The van der Waals surface area contributed by atoms with E-state index in [-0.39, 0.29) is 17.4 Å². The van der Waals surface area contributed by atoms with Crippen LogP contribution in [0.5, 0.6) is 0 Å². The number of nitrogens with one attached hydrogen (secondary N) is 1. The number of pyridine rings is 1. The van der Waals surface area contributed by atoms with Gasteiger partial charge in [-0.2, -0.15) is 13.2 Å². The Hall–Kier alpha value is -2.94. The minimum atomic E-state index is -4.42. The lowest BCUT2D eigenvalue weighted by Crippen LogP contribution is -2.40. The van der Waals surface area contributed by atoms with Gasteiger partial charge >= 0.3 is 6.18 Å². The van der Waals surface area contributed by atoms with Gasteiger partial charge in [0, 0.05) is 25.3 Å². The molecule has 1 saturated carbocycles. The van der Waals surface area contributed by atoms with Gasteiger partial charge < -0.3 is 10.2 Å². The molecule has 2 fully saturated rings. The first-order valence-corrected chi connectivity index (χ1v) is 11.7. The van der Waals surface area contributed by atoms with Crippen molar-refractivity contribution in [2.24, 2.45) is 5.41 Å². The van der Waals surface area contributed by atoms with E-state index >= 15 is 0 Å². The second-order valence-electron chi connectivity index (χ2n) is 8.88. The van der Waals surface area contributed by atoms with Crippen molar-refractivity contribution >= 4 is 23.1 Å². The lowest BCUT2D eigenvalue weighted by Gasteiger charge is -2.25. The molecule has 3 aromatic rings. The predicted molar refractivity (Wildman–Crippen MR) is 121 cm³/mol. The third kappa shape index (κ3) is 4.46. The average molecular weight is 473 g/mol. The van der Waals surface area contributed by atoms with E-state index in [0.29, 0.717) is 24.6 Å². The van der Waals surface area contributed by atoms with Gasteiger partial charge in [0.05, 0.1) is 15.4 Å². The van der Waals surface area contributed by atoms with Gasteiger partial charge in [0.25, 0.3) is 5.91 Å². The van der Waals surface area contributed by atoms with Crippen molar-refractivity contribution in [2.75, 3.05) is 18.4 Å². The maximum atomic E-state index is 13.6. The van der Waals surface area contributed by atoms with E-state index in [2.05, 4.69) is 15.3 Å². The standard InChI is InChI=1S/C24H23F3N4OS/c1-15-30-20(21(33-15)16-5-3-2-4-6-16)22(32)31-14-23(9-10-23)11-18(31)13-29-19-8-7-17(12-28-19)24(25,26)27/h2-8,12,18H,9-11,13-14H2,1H3,(H,28,29)/t18-/m0/s1. The van der Waals surface area contributed by atoms with Crippen molar-refractivity contribution in [2.45, 2.75) is 38.4 Å². The number of benzene rings is 1. The number of hydrogen-bond donors (Lipinski definition) is 1. The summed E-state index contributed by atoms with van der Waals surface area (Å²) in [5, 5.41) is 3.96. The first kappa shape index (κ1) is 21.9. The van der Waals surface area contributed by atoms with Gasteiger partial charge in [-0.25, -0.2) is 9.97 Å². The number of carbonyl (C=O) groups excluding carboxylic acids is 1. The van der Waals surface area contributed by atoms with E-state index in [9.17, 15) is 18.0 Å². The van der Waals surface area contributed by atoms with E-state index in [0.717, 1.165) is 47.0 Å². The van der Waals surface area contributed by atoms with Crippen LogP contribution in [0.3, 0.4) is 0 Å². The highest BCUT2D eigenvalue weighted by atomic mass is 32.1. The van der Waals surface area contributed by atoms with Crippen LogP contribution in [0.2, 0.25) is 0 Å². The number of carbonyl (C=O) groups is 1. The summed E-state index contributed by atoms with van der Waals surface area (Å²) in [4.78, 5) is 24.9. The summed E-state index contributed by atoms with van der Waals surface area (Å²) in [5.74, 6) is 0.274. The third-order valence-corrected chi connectivity index (χ3v) is 7.44. The number of halogens is 3. The Balaban J connectivity index is 1.35. The SMILES string of the molecule is Cc1nc(C(=O)N2CC3(CC3)C[C@H]2CNc2ccc(C(F)(F)F)cn2)c(-c2ccccc2)s1. The van der Waals surface area contributed by atoms with Crippen molar-refractivity contribution in [1.82, 2.24) is 14.9 Å². The zero-order valence-electron chi connectivity index (χ0n) is 18.0. The summed E-state index contributed by atoms with van der Waals surface area (Å²) in [7, 11) is 0. The van der Waals surface area contributed by atoms with E-state index in [1.54, 1.807) is 0 Å². The van der Waals surface area contributed by atoms with E-state index in [1.807, 2.05) is 42.2 Å². The number of aryl methyl sites for hydroxylation is 1. The number of anilines is 1. The Morgan fingerprint density at radius 2 is 1.97 bits per heavy atom. The molecule has 3 heterocycles. The minimum absolute atomic E-state index is 0.0743. The van der Waals surface area contributed by atoms with Crippen LogP contribution < -0.4 is 5.32 Å². The Morgan fingerprint density at radius 1 is 1.21 bits per heavy atom. The largest absolute Gasteiger partial charge is 0.417 e. The van der Waals surface area contributed by atoms with Crippen LogP contribution in [0, 0.1) is 12.3 Å². The second-order valence-corrected chi connectivity index (χ2v) is 10.1. The van der Waals surface area contributed by atoms with Crippen LogP contribution in [0.25, 0.3) is 10.4 Å². The Labute approximate surface area is 193 Å². The molecule has 9 heteroatoms. The van der Waals surface area contributed by atoms with Crippen LogP contribution in [-0.4, -0.2) is 39.9 Å². The normalized spacial score (nSPS) is 19.2. The molecule has 33 heavy (non-hydrogen) atoms.